The Balaban J connectivity index is 1.23. The lowest BCUT2D eigenvalue weighted by Gasteiger charge is -2.54. The van der Waals surface area contributed by atoms with E-state index in [9.17, 15) is 4.79 Å². The number of methoxy groups -OCH3 is 1. The van der Waals surface area contributed by atoms with Gasteiger partial charge in [-0.05, 0) is 80.0 Å². The lowest BCUT2D eigenvalue weighted by molar-refractivity contribution is -0.0147. The third kappa shape index (κ3) is 3.20. The van der Waals surface area contributed by atoms with Gasteiger partial charge in [-0.2, -0.15) is 0 Å². The Morgan fingerprint density at radius 1 is 1.00 bits per heavy atom. The Labute approximate surface area is 160 Å². The molecule has 4 bridgehead atoms. The molecule has 4 heteroatoms. The number of rotatable bonds is 5. The Bertz CT molecular complexity index is 794. The van der Waals surface area contributed by atoms with Gasteiger partial charge < -0.3 is 14.5 Å². The Kier molecular flexibility index (Phi) is 4.31. The summed E-state index contributed by atoms with van der Waals surface area (Å²) in [6.07, 6.45) is 7.22. The Morgan fingerprint density at radius 2 is 1.67 bits per heavy atom. The van der Waals surface area contributed by atoms with Crippen molar-refractivity contribution in [1.82, 2.24) is 5.32 Å². The van der Waals surface area contributed by atoms with E-state index in [2.05, 4.69) is 11.4 Å². The summed E-state index contributed by atoms with van der Waals surface area (Å²) in [7, 11) is 1.39. The van der Waals surface area contributed by atoms with Crippen molar-refractivity contribution >= 4 is 5.97 Å². The van der Waals surface area contributed by atoms with Crippen molar-refractivity contribution in [2.75, 3.05) is 7.11 Å². The highest BCUT2D eigenvalue weighted by Gasteiger charge is 2.47. The number of carbonyl (C=O) groups excluding carboxylic acids is 1. The van der Waals surface area contributed by atoms with Gasteiger partial charge >= 0.3 is 5.97 Å². The van der Waals surface area contributed by atoms with Crippen LogP contribution in [0.1, 0.15) is 48.2 Å². The summed E-state index contributed by atoms with van der Waals surface area (Å²) in [4.78, 5) is 11.6. The molecule has 27 heavy (non-hydrogen) atoms. The van der Waals surface area contributed by atoms with Crippen LogP contribution in [0.5, 0.6) is 0 Å². The van der Waals surface area contributed by atoms with Crippen LogP contribution >= 0.6 is 0 Å². The van der Waals surface area contributed by atoms with Crippen LogP contribution in [-0.4, -0.2) is 19.1 Å². The number of ether oxygens (including phenoxy) is 1. The van der Waals surface area contributed by atoms with Gasteiger partial charge in [0.25, 0.3) is 0 Å². The molecule has 0 atom stereocenters. The zero-order valence-corrected chi connectivity index (χ0v) is 15.8. The van der Waals surface area contributed by atoms with Crippen molar-refractivity contribution < 1.29 is 13.9 Å². The van der Waals surface area contributed by atoms with E-state index >= 15 is 0 Å². The number of hydrogen-bond donors (Lipinski definition) is 1. The SMILES string of the molecule is COC(=O)c1ccc(-c2ccc(CNC3C4CC5CC(C4)CC3C5)o2)cc1. The van der Waals surface area contributed by atoms with Crippen LogP contribution in [0.25, 0.3) is 11.3 Å². The van der Waals surface area contributed by atoms with Gasteiger partial charge in [0.05, 0.1) is 19.2 Å². The molecular formula is C23H27NO3. The van der Waals surface area contributed by atoms with E-state index in [1.54, 1.807) is 12.1 Å². The van der Waals surface area contributed by atoms with Crippen molar-refractivity contribution in [3.05, 3.63) is 47.7 Å². The monoisotopic (exact) mass is 365 g/mol. The summed E-state index contributed by atoms with van der Waals surface area (Å²) in [5.41, 5.74) is 1.53. The van der Waals surface area contributed by atoms with E-state index in [1.165, 1.54) is 39.2 Å². The fourth-order valence-electron chi connectivity index (χ4n) is 5.99. The van der Waals surface area contributed by atoms with Gasteiger partial charge in [0, 0.05) is 11.6 Å². The van der Waals surface area contributed by atoms with Crippen molar-refractivity contribution in [2.45, 2.75) is 44.7 Å². The first-order valence-corrected chi connectivity index (χ1v) is 10.2. The molecule has 6 rings (SSSR count). The molecule has 1 heterocycles. The molecule has 0 unspecified atom stereocenters. The average Bonchev–Trinajstić information content (AvgIpc) is 3.15. The van der Waals surface area contributed by atoms with E-state index in [1.807, 2.05) is 18.2 Å². The molecule has 0 amide bonds. The first-order valence-electron chi connectivity index (χ1n) is 10.2. The molecule has 4 fully saturated rings. The van der Waals surface area contributed by atoms with Crippen LogP contribution in [0, 0.1) is 23.7 Å². The molecule has 4 saturated carbocycles. The Morgan fingerprint density at radius 3 is 2.30 bits per heavy atom. The maximum absolute atomic E-state index is 11.6. The third-order valence-corrected chi connectivity index (χ3v) is 6.99. The summed E-state index contributed by atoms with van der Waals surface area (Å²) >= 11 is 0. The smallest absolute Gasteiger partial charge is 0.337 e. The van der Waals surface area contributed by atoms with Crippen molar-refractivity contribution in [1.29, 1.82) is 0 Å². The number of furan rings is 1. The molecule has 0 saturated heterocycles. The van der Waals surface area contributed by atoms with Crippen molar-refractivity contribution in [2.24, 2.45) is 23.7 Å². The second kappa shape index (κ2) is 6.83. The fourth-order valence-corrected chi connectivity index (χ4v) is 5.99. The first-order chi connectivity index (χ1) is 13.2. The highest BCUT2D eigenvalue weighted by molar-refractivity contribution is 5.89. The maximum Gasteiger partial charge on any atom is 0.337 e. The number of carbonyl (C=O) groups is 1. The molecule has 0 radical (unpaired) electrons. The second-order valence-electron chi connectivity index (χ2n) is 8.67. The van der Waals surface area contributed by atoms with E-state index in [0.717, 1.165) is 47.3 Å². The van der Waals surface area contributed by atoms with Crippen LogP contribution in [0.3, 0.4) is 0 Å². The molecule has 1 aromatic heterocycles. The molecule has 0 spiro atoms. The van der Waals surface area contributed by atoms with Crippen molar-refractivity contribution in [3.63, 3.8) is 0 Å². The first kappa shape index (κ1) is 17.1. The minimum Gasteiger partial charge on any atom is -0.465 e. The maximum atomic E-state index is 11.6. The quantitative estimate of drug-likeness (QED) is 0.784. The lowest BCUT2D eigenvalue weighted by atomic mass is 9.54. The largest absolute Gasteiger partial charge is 0.465 e. The minimum atomic E-state index is -0.318. The van der Waals surface area contributed by atoms with Crippen LogP contribution in [-0.2, 0) is 11.3 Å². The van der Waals surface area contributed by atoms with Gasteiger partial charge in [-0.15, -0.1) is 0 Å². The fraction of sp³-hybridized carbons (Fsp3) is 0.522. The normalized spacial score (nSPS) is 31.2. The number of nitrogens with one attached hydrogen (secondary N) is 1. The number of esters is 1. The van der Waals surface area contributed by atoms with Gasteiger partial charge in [0.15, 0.2) is 0 Å². The summed E-state index contributed by atoms with van der Waals surface area (Å²) in [6, 6.07) is 12.1. The highest BCUT2D eigenvalue weighted by atomic mass is 16.5. The molecule has 1 N–H and O–H groups in total. The van der Waals surface area contributed by atoms with E-state index in [0.29, 0.717) is 11.6 Å². The topological polar surface area (TPSA) is 51.5 Å². The third-order valence-electron chi connectivity index (χ3n) is 6.99. The summed E-state index contributed by atoms with van der Waals surface area (Å²) in [5, 5.41) is 3.82. The predicted molar refractivity (Wildman–Crippen MR) is 103 cm³/mol. The van der Waals surface area contributed by atoms with Crippen LogP contribution < -0.4 is 5.32 Å². The summed E-state index contributed by atoms with van der Waals surface area (Å²) in [5.74, 6) is 5.27. The van der Waals surface area contributed by atoms with Gasteiger partial charge in [-0.1, -0.05) is 12.1 Å². The minimum absolute atomic E-state index is 0.318. The van der Waals surface area contributed by atoms with Crippen LogP contribution in [0.4, 0.5) is 0 Å². The van der Waals surface area contributed by atoms with E-state index < -0.39 is 0 Å². The van der Waals surface area contributed by atoms with Gasteiger partial charge in [-0.3, -0.25) is 0 Å². The standard InChI is InChI=1S/C23H27NO3/c1-26-23(25)17-4-2-16(3-5-17)21-7-6-20(27-21)13-24-22-18-9-14-8-15(11-18)12-19(22)10-14/h2-7,14-15,18-19,22,24H,8-13H2,1H3. The van der Waals surface area contributed by atoms with E-state index in [-0.39, 0.29) is 5.97 Å². The zero-order chi connectivity index (χ0) is 18.4. The van der Waals surface area contributed by atoms with Gasteiger partial charge in [0.2, 0.25) is 0 Å². The molecule has 1 aromatic carbocycles. The number of benzene rings is 1. The molecule has 0 aliphatic heterocycles. The Hall–Kier alpha value is -2.07. The van der Waals surface area contributed by atoms with E-state index in [4.69, 9.17) is 9.15 Å². The molecule has 4 aliphatic rings. The van der Waals surface area contributed by atoms with Gasteiger partial charge in [0.1, 0.15) is 11.5 Å². The molecule has 142 valence electrons. The van der Waals surface area contributed by atoms with Gasteiger partial charge in [-0.25, -0.2) is 4.79 Å². The lowest BCUT2D eigenvalue weighted by Crippen LogP contribution is -2.54. The zero-order valence-electron chi connectivity index (χ0n) is 15.8. The van der Waals surface area contributed by atoms with Crippen LogP contribution in [0.15, 0.2) is 40.8 Å². The van der Waals surface area contributed by atoms with Crippen LogP contribution in [0.2, 0.25) is 0 Å². The van der Waals surface area contributed by atoms with Crippen molar-refractivity contribution in [3.8, 4) is 11.3 Å². The second-order valence-corrected chi connectivity index (χ2v) is 8.67. The molecular weight excluding hydrogens is 338 g/mol. The summed E-state index contributed by atoms with van der Waals surface area (Å²) in [6.45, 7) is 0.799. The number of hydrogen-bond acceptors (Lipinski definition) is 4. The molecule has 2 aromatic rings. The molecule has 4 nitrogen and oxygen atoms in total. The molecule has 4 aliphatic carbocycles. The summed E-state index contributed by atoms with van der Waals surface area (Å²) < 4.78 is 10.8. The highest BCUT2D eigenvalue weighted by Crippen LogP contribution is 2.53. The average molecular weight is 365 g/mol. The predicted octanol–water partition coefficient (Wildman–Crippen LogP) is 4.65.